The third-order valence-corrected chi connectivity index (χ3v) is 4.99. The van der Waals surface area contributed by atoms with Crippen molar-refractivity contribution in [1.29, 1.82) is 0 Å². The van der Waals surface area contributed by atoms with E-state index in [0.29, 0.717) is 11.7 Å². The molecule has 5 nitrogen and oxygen atoms in total. The fourth-order valence-electron chi connectivity index (χ4n) is 3.10. The summed E-state index contributed by atoms with van der Waals surface area (Å²) in [7, 11) is 1.76. The van der Waals surface area contributed by atoms with Crippen molar-refractivity contribution >= 4 is 5.91 Å². The van der Waals surface area contributed by atoms with Gasteiger partial charge in [-0.05, 0) is 25.8 Å². The number of ether oxygens (including phenoxy) is 1. The first-order chi connectivity index (χ1) is 10.5. The Morgan fingerprint density at radius 2 is 1.86 bits per heavy atom. The molecule has 1 saturated heterocycles. The molecule has 3 rings (SSSR count). The van der Waals surface area contributed by atoms with Gasteiger partial charge in [0.25, 0.3) is 5.56 Å². The van der Waals surface area contributed by atoms with Crippen molar-refractivity contribution in [2.75, 3.05) is 13.1 Å². The summed E-state index contributed by atoms with van der Waals surface area (Å²) in [4.78, 5) is 26.0. The molecule has 0 unspecified atom stereocenters. The Labute approximate surface area is 130 Å². The molecule has 1 amide bonds. The van der Waals surface area contributed by atoms with Crippen LogP contribution in [-0.4, -0.2) is 34.6 Å². The topological polar surface area (TPSA) is 51.5 Å². The number of rotatable bonds is 3. The second-order valence-corrected chi connectivity index (χ2v) is 6.50. The van der Waals surface area contributed by atoms with Crippen molar-refractivity contribution in [3.8, 4) is 5.75 Å². The summed E-state index contributed by atoms with van der Waals surface area (Å²) in [5.74, 6) is 1.25. The zero-order valence-electron chi connectivity index (χ0n) is 13.4. The van der Waals surface area contributed by atoms with Gasteiger partial charge in [-0.2, -0.15) is 0 Å². The molecule has 0 aromatic carbocycles. The molecule has 2 aliphatic rings. The van der Waals surface area contributed by atoms with Crippen LogP contribution >= 0.6 is 0 Å². The van der Waals surface area contributed by atoms with Gasteiger partial charge < -0.3 is 14.2 Å². The summed E-state index contributed by atoms with van der Waals surface area (Å²) in [6, 6.07) is 3.44. The van der Waals surface area contributed by atoms with Gasteiger partial charge in [0.05, 0.1) is 0 Å². The Kier molecular flexibility index (Phi) is 4.23. The summed E-state index contributed by atoms with van der Waals surface area (Å²) < 4.78 is 7.55. The molecule has 1 saturated carbocycles. The molecule has 2 fully saturated rings. The van der Waals surface area contributed by atoms with E-state index in [0.717, 1.165) is 44.5 Å². The molecule has 0 radical (unpaired) electrons. The largest absolute Gasteiger partial charge is 0.490 e. The van der Waals surface area contributed by atoms with Crippen molar-refractivity contribution in [2.24, 2.45) is 13.0 Å². The molecule has 22 heavy (non-hydrogen) atoms. The molecule has 1 aliphatic carbocycles. The summed E-state index contributed by atoms with van der Waals surface area (Å²) in [5, 5.41) is 0. The molecule has 1 aromatic rings. The van der Waals surface area contributed by atoms with Gasteiger partial charge >= 0.3 is 0 Å². The van der Waals surface area contributed by atoms with E-state index in [-0.39, 0.29) is 17.6 Å². The number of aryl methyl sites for hydroxylation is 1. The van der Waals surface area contributed by atoms with Crippen LogP contribution in [0.5, 0.6) is 5.75 Å². The Bertz CT molecular complexity index is 611. The highest BCUT2D eigenvalue weighted by molar-refractivity contribution is 5.79. The Morgan fingerprint density at radius 3 is 2.41 bits per heavy atom. The molecule has 2 heterocycles. The van der Waals surface area contributed by atoms with Crippen LogP contribution < -0.4 is 10.3 Å². The van der Waals surface area contributed by atoms with E-state index < -0.39 is 0 Å². The highest BCUT2D eigenvalue weighted by Crippen LogP contribution is 2.29. The van der Waals surface area contributed by atoms with Gasteiger partial charge in [-0.1, -0.05) is 6.42 Å². The number of hydrogen-bond donors (Lipinski definition) is 0. The van der Waals surface area contributed by atoms with Crippen LogP contribution in [0, 0.1) is 12.8 Å². The van der Waals surface area contributed by atoms with Gasteiger partial charge in [-0.25, -0.2) is 0 Å². The first kappa shape index (κ1) is 15.1. The van der Waals surface area contributed by atoms with E-state index in [2.05, 4.69) is 0 Å². The number of aromatic nitrogens is 1. The standard InChI is InChI=1S/C17H24N2O3/c1-12-10-15(11-16(20)18(12)2)22-14-6-8-19(9-7-14)17(21)13-4-3-5-13/h10-11,13-14H,3-9H2,1-2H3. The minimum atomic E-state index is -0.0485. The van der Waals surface area contributed by atoms with E-state index in [1.54, 1.807) is 17.7 Å². The molecule has 1 aliphatic heterocycles. The average Bonchev–Trinajstić information content (AvgIpc) is 2.43. The van der Waals surface area contributed by atoms with Crippen LogP contribution in [-0.2, 0) is 11.8 Å². The Balaban J connectivity index is 1.55. The van der Waals surface area contributed by atoms with Gasteiger partial charge in [0, 0.05) is 50.7 Å². The lowest BCUT2D eigenvalue weighted by Gasteiger charge is -2.36. The SMILES string of the molecule is Cc1cc(OC2CCN(C(=O)C3CCC3)CC2)cc(=O)n1C. The van der Waals surface area contributed by atoms with Crippen LogP contribution in [0.25, 0.3) is 0 Å². The number of amides is 1. The fraction of sp³-hybridized carbons (Fsp3) is 0.647. The van der Waals surface area contributed by atoms with Crippen molar-refractivity contribution in [3.05, 3.63) is 28.2 Å². The smallest absolute Gasteiger partial charge is 0.254 e. The quantitative estimate of drug-likeness (QED) is 0.856. The molecule has 0 atom stereocenters. The molecule has 0 spiro atoms. The second-order valence-electron chi connectivity index (χ2n) is 6.50. The summed E-state index contributed by atoms with van der Waals surface area (Å²) in [6.07, 6.45) is 5.08. The van der Waals surface area contributed by atoms with Crippen molar-refractivity contribution < 1.29 is 9.53 Å². The molecular weight excluding hydrogens is 280 g/mol. The third kappa shape index (κ3) is 3.03. The van der Waals surface area contributed by atoms with Gasteiger partial charge in [-0.15, -0.1) is 0 Å². The molecule has 0 bridgehead atoms. The highest BCUT2D eigenvalue weighted by Gasteiger charge is 2.32. The maximum Gasteiger partial charge on any atom is 0.254 e. The molecule has 5 heteroatoms. The number of pyridine rings is 1. The third-order valence-electron chi connectivity index (χ3n) is 4.99. The number of hydrogen-bond acceptors (Lipinski definition) is 3. The lowest BCUT2D eigenvalue weighted by molar-refractivity contribution is -0.140. The predicted octanol–water partition coefficient (Wildman–Crippen LogP) is 1.86. The van der Waals surface area contributed by atoms with Gasteiger partial charge in [0.15, 0.2) is 0 Å². The molecule has 0 N–H and O–H groups in total. The number of carbonyl (C=O) groups is 1. The number of likely N-dealkylation sites (tertiary alicyclic amines) is 1. The minimum absolute atomic E-state index is 0.0485. The van der Waals surface area contributed by atoms with E-state index in [1.807, 2.05) is 17.9 Å². The summed E-state index contributed by atoms with van der Waals surface area (Å²) in [5.41, 5.74) is 0.840. The second kappa shape index (κ2) is 6.15. The van der Waals surface area contributed by atoms with Gasteiger partial charge in [0.1, 0.15) is 11.9 Å². The minimum Gasteiger partial charge on any atom is -0.490 e. The number of nitrogens with zero attached hydrogens (tertiary/aromatic N) is 2. The first-order valence-electron chi connectivity index (χ1n) is 8.17. The van der Waals surface area contributed by atoms with Crippen molar-refractivity contribution in [3.63, 3.8) is 0 Å². The summed E-state index contributed by atoms with van der Waals surface area (Å²) >= 11 is 0. The maximum absolute atomic E-state index is 12.2. The van der Waals surface area contributed by atoms with E-state index in [4.69, 9.17) is 4.74 Å². The molecule has 120 valence electrons. The van der Waals surface area contributed by atoms with Crippen LogP contribution in [0.1, 0.15) is 37.8 Å². The molecule has 1 aromatic heterocycles. The monoisotopic (exact) mass is 304 g/mol. The van der Waals surface area contributed by atoms with Crippen molar-refractivity contribution in [2.45, 2.75) is 45.1 Å². The lowest BCUT2D eigenvalue weighted by Crippen LogP contribution is -2.45. The number of carbonyl (C=O) groups excluding carboxylic acids is 1. The zero-order valence-corrected chi connectivity index (χ0v) is 13.4. The van der Waals surface area contributed by atoms with E-state index >= 15 is 0 Å². The van der Waals surface area contributed by atoms with E-state index in [9.17, 15) is 9.59 Å². The number of piperidine rings is 1. The Morgan fingerprint density at radius 1 is 1.18 bits per heavy atom. The van der Waals surface area contributed by atoms with Crippen LogP contribution in [0.3, 0.4) is 0 Å². The highest BCUT2D eigenvalue weighted by atomic mass is 16.5. The fourth-order valence-corrected chi connectivity index (χ4v) is 3.10. The van der Waals surface area contributed by atoms with E-state index in [1.165, 1.54) is 6.42 Å². The Hall–Kier alpha value is -1.78. The average molecular weight is 304 g/mol. The van der Waals surface area contributed by atoms with Gasteiger partial charge in [-0.3, -0.25) is 9.59 Å². The maximum atomic E-state index is 12.2. The summed E-state index contributed by atoms with van der Waals surface area (Å²) in [6.45, 7) is 3.43. The van der Waals surface area contributed by atoms with Crippen LogP contribution in [0.4, 0.5) is 0 Å². The zero-order chi connectivity index (χ0) is 15.7. The van der Waals surface area contributed by atoms with Crippen LogP contribution in [0.15, 0.2) is 16.9 Å². The van der Waals surface area contributed by atoms with Crippen molar-refractivity contribution in [1.82, 2.24) is 9.47 Å². The van der Waals surface area contributed by atoms with Gasteiger partial charge in [0.2, 0.25) is 5.91 Å². The first-order valence-corrected chi connectivity index (χ1v) is 8.17. The molecular formula is C17H24N2O3. The lowest BCUT2D eigenvalue weighted by atomic mass is 9.84. The van der Waals surface area contributed by atoms with Crippen LogP contribution in [0.2, 0.25) is 0 Å². The normalized spacial score (nSPS) is 19.8. The predicted molar refractivity (Wildman–Crippen MR) is 84.0 cm³/mol.